The highest BCUT2D eigenvalue weighted by Gasteiger charge is 2.19. The smallest absolute Gasteiger partial charge is 0.306 e. The van der Waals surface area contributed by atoms with Crippen LogP contribution in [0.2, 0.25) is 0 Å². The van der Waals surface area contributed by atoms with E-state index < -0.39 is 6.10 Å². The van der Waals surface area contributed by atoms with E-state index in [-0.39, 0.29) is 37.5 Å². The summed E-state index contributed by atoms with van der Waals surface area (Å²) in [6, 6.07) is 0. The fraction of sp³-hybridized carbons (Fsp3) is 0.627. The maximum Gasteiger partial charge on any atom is 0.306 e. The first-order valence-corrected chi connectivity index (χ1v) is 29.7. The molecular formula is C67H108O6. The number of hydrogen-bond acceptors (Lipinski definition) is 6. The molecule has 1 atom stereocenters. The molecule has 0 N–H and O–H groups in total. The zero-order chi connectivity index (χ0) is 52.9. The molecule has 0 aliphatic carbocycles. The van der Waals surface area contributed by atoms with E-state index in [0.717, 1.165) is 128 Å². The lowest BCUT2D eigenvalue weighted by atomic mass is 10.0. The standard InChI is InChI=1S/C67H108O6/c1-4-7-10-13-16-19-22-25-28-29-30-31-32-33-34-35-36-37-40-42-45-48-51-54-57-60-66(69)72-63-64(73-67(70)61-58-55-52-49-46-43-39-27-24-21-18-15-12-9-6-3)62-71-65(68)59-56-53-50-47-44-41-38-26-23-20-17-14-11-8-5-2/h7,9-10,12,16,18-19,21,25,27-28,30-31,33-34,36-37,39,42,45-46,49,64H,4-6,8,11,13-15,17,20,22-24,26,29,32,35,38,40-41,43-44,47-48,50-63H2,1-3H3/b10-7-,12-9-,19-16-,21-18-,28-25-,31-30-,34-33-,37-36-,39-27-,45-42-,49-46-. The Hall–Kier alpha value is -4.45. The lowest BCUT2D eigenvalue weighted by molar-refractivity contribution is -0.167. The number of allylic oxidation sites excluding steroid dienone is 22. The minimum atomic E-state index is -0.818. The van der Waals surface area contributed by atoms with Gasteiger partial charge in [0.25, 0.3) is 0 Å². The average molecular weight is 1010 g/mol. The molecule has 0 radical (unpaired) electrons. The quantitative estimate of drug-likeness (QED) is 0.0261. The second kappa shape index (κ2) is 60.1. The number of carbonyl (C=O) groups is 3. The fourth-order valence-corrected chi connectivity index (χ4v) is 7.77. The largest absolute Gasteiger partial charge is 0.462 e. The second-order valence-corrected chi connectivity index (χ2v) is 19.1. The van der Waals surface area contributed by atoms with Crippen LogP contribution in [0.15, 0.2) is 134 Å². The van der Waals surface area contributed by atoms with Gasteiger partial charge >= 0.3 is 17.9 Å². The van der Waals surface area contributed by atoms with E-state index in [2.05, 4.69) is 154 Å². The molecule has 0 aliphatic rings. The van der Waals surface area contributed by atoms with Crippen LogP contribution in [0.4, 0.5) is 0 Å². The normalized spacial score (nSPS) is 13.1. The fourth-order valence-electron chi connectivity index (χ4n) is 7.77. The van der Waals surface area contributed by atoms with Crippen LogP contribution in [-0.2, 0) is 28.6 Å². The van der Waals surface area contributed by atoms with Crippen LogP contribution in [-0.4, -0.2) is 37.2 Å². The molecule has 0 fully saturated rings. The minimum absolute atomic E-state index is 0.108. The van der Waals surface area contributed by atoms with Gasteiger partial charge in [-0.25, -0.2) is 0 Å². The van der Waals surface area contributed by atoms with Crippen molar-refractivity contribution < 1.29 is 28.6 Å². The first-order chi connectivity index (χ1) is 36.0. The number of carbonyl (C=O) groups excluding carboxylic acids is 3. The summed E-state index contributed by atoms with van der Waals surface area (Å²) in [5.41, 5.74) is 0. The Morgan fingerprint density at radius 1 is 0.288 bits per heavy atom. The Bertz CT molecular complexity index is 1580. The van der Waals surface area contributed by atoms with Crippen LogP contribution in [0, 0.1) is 0 Å². The second-order valence-electron chi connectivity index (χ2n) is 19.1. The molecule has 0 spiro atoms. The summed E-state index contributed by atoms with van der Waals surface area (Å²) < 4.78 is 16.8. The van der Waals surface area contributed by atoms with E-state index in [1.165, 1.54) is 77.0 Å². The monoisotopic (exact) mass is 1010 g/mol. The maximum atomic E-state index is 12.8. The number of ether oxygens (including phenoxy) is 3. The summed E-state index contributed by atoms with van der Waals surface area (Å²) in [5.74, 6) is -0.985. The lowest BCUT2D eigenvalue weighted by Crippen LogP contribution is -2.30. The van der Waals surface area contributed by atoms with Gasteiger partial charge in [0, 0.05) is 19.3 Å². The summed E-state index contributed by atoms with van der Waals surface area (Å²) in [4.78, 5) is 38.2. The van der Waals surface area contributed by atoms with Crippen LogP contribution in [0.3, 0.4) is 0 Å². The Kier molecular flexibility index (Phi) is 56.4. The van der Waals surface area contributed by atoms with Crippen molar-refractivity contribution in [2.75, 3.05) is 13.2 Å². The average Bonchev–Trinajstić information content (AvgIpc) is 3.39. The molecule has 0 aromatic rings. The number of rotatable bonds is 52. The van der Waals surface area contributed by atoms with E-state index in [1.54, 1.807) is 0 Å². The van der Waals surface area contributed by atoms with Crippen LogP contribution in [0.25, 0.3) is 0 Å². The van der Waals surface area contributed by atoms with Gasteiger partial charge in [-0.15, -0.1) is 0 Å². The highest BCUT2D eigenvalue weighted by atomic mass is 16.6. The van der Waals surface area contributed by atoms with Gasteiger partial charge in [0.1, 0.15) is 13.2 Å². The molecule has 0 saturated carbocycles. The van der Waals surface area contributed by atoms with E-state index >= 15 is 0 Å². The molecule has 6 heteroatoms. The first kappa shape index (κ1) is 68.6. The third kappa shape index (κ3) is 58.3. The van der Waals surface area contributed by atoms with Crippen LogP contribution >= 0.6 is 0 Å². The highest BCUT2D eigenvalue weighted by Crippen LogP contribution is 2.15. The van der Waals surface area contributed by atoms with Crippen molar-refractivity contribution in [3.05, 3.63) is 134 Å². The van der Waals surface area contributed by atoms with E-state index in [4.69, 9.17) is 14.2 Å². The van der Waals surface area contributed by atoms with Gasteiger partial charge < -0.3 is 14.2 Å². The Morgan fingerprint density at radius 2 is 0.534 bits per heavy atom. The topological polar surface area (TPSA) is 78.9 Å². The first-order valence-electron chi connectivity index (χ1n) is 29.7. The highest BCUT2D eigenvalue weighted by molar-refractivity contribution is 5.71. The van der Waals surface area contributed by atoms with Crippen molar-refractivity contribution in [2.24, 2.45) is 0 Å². The van der Waals surface area contributed by atoms with Crippen molar-refractivity contribution in [3.8, 4) is 0 Å². The van der Waals surface area contributed by atoms with Crippen LogP contribution in [0.1, 0.15) is 252 Å². The molecule has 0 rings (SSSR count). The Morgan fingerprint density at radius 3 is 0.863 bits per heavy atom. The zero-order valence-corrected chi connectivity index (χ0v) is 47.1. The molecule has 1 unspecified atom stereocenters. The summed E-state index contributed by atoms with van der Waals surface area (Å²) in [7, 11) is 0. The molecular weight excluding hydrogens is 901 g/mol. The van der Waals surface area contributed by atoms with Crippen molar-refractivity contribution in [1.29, 1.82) is 0 Å². The predicted octanol–water partition coefficient (Wildman–Crippen LogP) is 20.2. The summed E-state index contributed by atoms with van der Waals surface area (Å²) in [6.07, 6.45) is 84.5. The predicted molar refractivity (Wildman–Crippen MR) is 316 cm³/mol. The van der Waals surface area contributed by atoms with Gasteiger partial charge in [0.2, 0.25) is 0 Å². The number of unbranched alkanes of at least 4 members (excludes halogenated alkanes) is 19. The van der Waals surface area contributed by atoms with Crippen molar-refractivity contribution in [1.82, 2.24) is 0 Å². The SMILES string of the molecule is CC/C=C\C/C=C\C/C=C\C/C=C\C/C=C\C/C=C\C/C=C\CCCCCC(=O)OCC(COC(=O)CCCCCCCCCCCCCCCCC)OC(=O)CCCC/C=C\C/C=C\C/C=C\C/C=C\CC. The summed E-state index contributed by atoms with van der Waals surface area (Å²) >= 11 is 0. The number of hydrogen-bond donors (Lipinski definition) is 0. The molecule has 73 heavy (non-hydrogen) atoms. The van der Waals surface area contributed by atoms with Gasteiger partial charge in [0.15, 0.2) is 6.10 Å². The Labute approximate surface area is 449 Å². The molecule has 0 aromatic carbocycles. The number of esters is 3. The van der Waals surface area contributed by atoms with Gasteiger partial charge in [-0.2, -0.15) is 0 Å². The minimum Gasteiger partial charge on any atom is -0.462 e. The van der Waals surface area contributed by atoms with Crippen LogP contribution < -0.4 is 0 Å². The Balaban J connectivity index is 4.48. The van der Waals surface area contributed by atoms with Crippen molar-refractivity contribution in [2.45, 2.75) is 258 Å². The van der Waals surface area contributed by atoms with E-state index in [9.17, 15) is 14.4 Å². The summed E-state index contributed by atoms with van der Waals surface area (Å²) in [5, 5.41) is 0. The van der Waals surface area contributed by atoms with E-state index in [0.29, 0.717) is 19.3 Å². The third-order valence-electron chi connectivity index (χ3n) is 12.2. The maximum absolute atomic E-state index is 12.8. The molecule has 0 amide bonds. The molecule has 0 bridgehead atoms. The van der Waals surface area contributed by atoms with Crippen molar-refractivity contribution >= 4 is 17.9 Å². The molecule has 0 saturated heterocycles. The lowest BCUT2D eigenvalue weighted by Gasteiger charge is -2.18. The van der Waals surface area contributed by atoms with Crippen LogP contribution in [0.5, 0.6) is 0 Å². The molecule has 6 nitrogen and oxygen atoms in total. The molecule has 0 heterocycles. The van der Waals surface area contributed by atoms with Gasteiger partial charge in [0.05, 0.1) is 0 Å². The third-order valence-corrected chi connectivity index (χ3v) is 12.2. The summed E-state index contributed by atoms with van der Waals surface area (Å²) in [6.45, 7) is 6.35. The van der Waals surface area contributed by atoms with Gasteiger partial charge in [-0.05, 0) is 116 Å². The zero-order valence-electron chi connectivity index (χ0n) is 47.1. The van der Waals surface area contributed by atoms with Gasteiger partial charge in [-0.1, -0.05) is 251 Å². The van der Waals surface area contributed by atoms with Gasteiger partial charge in [-0.3, -0.25) is 14.4 Å². The van der Waals surface area contributed by atoms with E-state index in [1.807, 2.05) is 0 Å². The molecule has 0 aliphatic heterocycles. The molecule has 412 valence electrons. The van der Waals surface area contributed by atoms with Crippen molar-refractivity contribution in [3.63, 3.8) is 0 Å². The molecule has 0 aromatic heterocycles.